The summed E-state index contributed by atoms with van der Waals surface area (Å²) in [5, 5.41) is 11.5. The van der Waals surface area contributed by atoms with Crippen LogP contribution in [0.1, 0.15) is 45.6 Å². The highest BCUT2D eigenvalue weighted by atomic mass is 16.6. The fourth-order valence-corrected chi connectivity index (χ4v) is 2.27. The number of aliphatic carboxylic acids is 1. The highest BCUT2D eigenvalue weighted by Crippen LogP contribution is 2.07. The van der Waals surface area contributed by atoms with Gasteiger partial charge in [0.2, 0.25) is 0 Å². The number of nitrogens with zero attached hydrogens (tertiary/aromatic N) is 1. The van der Waals surface area contributed by atoms with Gasteiger partial charge in [-0.2, -0.15) is 0 Å². The van der Waals surface area contributed by atoms with Gasteiger partial charge in [0.05, 0.1) is 6.42 Å². The Kier molecular flexibility index (Phi) is 9.84. The molecular weight excluding hydrogens is 364 g/mol. The minimum atomic E-state index is -0.979. The molecule has 0 spiro atoms. The first kappa shape index (κ1) is 23.3. The van der Waals surface area contributed by atoms with Crippen LogP contribution in [0.4, 0.5) is 9.59 Å². The number of unbranched alkanes of at least 4 members (excludes halogenated alkanes) is 1. The Hall–Kier alpha value is -2.77. The first-order valence-corrected chi connectivity index (χ1v) is 9.31. The summed E-state index contributed by atoms with van der Waals surface area (Å²) >= 11 is 0. The predicted molar refractivity (Wildman–Crippen MR) is 104 cm³/mol. The first-order chi connectivity index (χ1) is 13.2. The van der Waals surface area contributed by atoms with E-state index in [9.17, 15) is 14.4 Å². The van der Waals surface area contributed by atoms with Crippen molar-refractivity contribution >= 4 is 18.2 Å². The fourth-order valence-electron chi connectivity index (χ4n) is 2.27. The van der Waals surface area contributed by atoms with Gasteiger partial charge >= 0.3 is 18.2 Å². The van der Waals surface area contributed by atoms with Crippen LogP contribution in [0.5, 0.6) is 0 Å². The largest absolute Gasteiger partial charge is 0.481 e. The van der Waals surface area contributed by atoms with Crippen molar-refractivity contribution in [2.45, 2.75) is 52.2 Å². The third-order valence-electron chi connectivity index (χ3n) is 3.58. The molecule has 0 unspecified atom stereocenters. The highest BCUT2D eigenvalue weighted by Gasteiger charge is 2.17. The van der Waals surface area contributed by atoms with Crippen LogP contribution in [0, 0.1) is 0 Å². The van der Waals surface area contributed by atoms with Crippen molar-refractivity contribution in [3.8, 4) is 0 Å². The number of benzene rings is 1. The third-order valence-corrected chi connectivity index (χ3v) is 3.58. The topological polar surface area (TPSA) is 105 Å². The minimum absolute atomic E-state index is 0.0719. The Morgan fingerprint density at radius 3 is 2.36 bits per heavy atom. The van der Waals surface area contributed by atoms with E-state index in [2.05, 4.69) is 5.32 Å². The molecule has 0 heterocycles. The van der Waals surface area contributed by atoms with Crippen LogP contribution in [0.25, 0.3) is 0 Å². The van der Waals surface area contributed by atoms with E-state index in [1.807, 2.05) is 30.3 Å². The fraction of sp³-hybridized carbons (Fsp3) is 0.550. The molecule has 8 nitrogen and oxygen atoms in total. The average Bonchev–Trinajstić information content (AvgIpc) is 2.61. The molecule has 0 fully saturated rings. The van der Waals surface area contributed by atoms with Crippen molar-refractivity contribution in [3.05, 3.63) is 35.9 Å². The second kappa shape index (κ2) is 11.8. The second-order valence-electron chi connectivity index (χ2n) is 7.31. The summed E-state index contributed by atoms with van der Waals surface area (Å²) in [6.07, 6.45) is 0.0176. The van der Waals surface area contributed by atoms with Gasteiger partial charge in [0.25, 0.3) is 0 Å². The number of hydrogen-bond acceptors (Lipinski definition) is 5. The van der Waals surface area contributed by atoms with Crippen LogP contribution >= 0.6 is 0 Å². The van der Waals surface area contributed by atoms with Gasteiger partial charge < -0.3 is 24.8 Å². The van der Waals surface area contributed by atoms with Crippen molar-refractivity contribution in [2.24, 2.45) is 0 Å². The average molecular weight is 394 g/mol. The number of ether oxygens (including phenoxy) is 2. The maximum Gasteiger partial charge on any atom is 0.410 e. The number of carboxylic acid groups (broad SMARTS) is 1. The second-order valence-corrected chi connectivity index (χ2v) is 7.31. The lowest BCUT2D eigenvalue weighted by Gasteiger charge is -2.22. The van der Waals surface area contributed by atoms with Gasteiger partial charge in [0.15, 0.2) is 0 Å². The number of carboxylic acids is 1. The molecule has 2 N–H and O–H groups in total. The number of nitrogens with one attached hydrogen (secondary N) is 1. The molecule has 1 aromatic carbocycles. The molecule has 0 radical (unpaired) electrons. The lowest BCUT2D eigenvalue weighted by Crippen LogP contribution is -2.35. The third kappa shape index (κ3) is 11.1. The van der Waals surface area contributed by atoms with Crippen molar-refractivity contribution < 1.29 is 29.0 Å². The summed E-state index contributed by atoms with van der Waals surface area (Å²) in [5.41, 5.74) is 0.302. The first-order valence-electron chi connectivity index (χ1n) is 9.31. The molecule has 8 heteroatoms. The van der Waals surface area contributed by atoms with Crippen LogP contribution in [0.2, 0.25) is 0 Å². The van der Waals surface area contributed by atoms with Crippen LogP contribution in [-0.2, 0) is 20.9 Å². The molecule has 0 atom stereocenters. The Bertz CT molecular complexity index is 627. The molecule has 0 aliphatic rings. The molecule has 0 aliphatic carbocycles. The number of rotatable bonds is 10. The quantitative estimate of drug-likeness (QED) is 0.589. The summed E-state index contributed by atoms with van der Waals surface area (Å²) in [6.45, 7) is 6.30. The molecule has 28 heavy (non-hydrogen) atoms. The zero-order valence-electron chi connectivity index (χ0n) is 16.8. The number of alkyl carbamates (subject to hydrolysis) is 1. The molecular formula is C20H30N2O6. The van der Waals surface area contributed by atoms with Crippen molar-refractivity contribution in [2.75, 3.05) is 19.6 Å². The van der Waals surface area contributed by atoms with Gasteiger partial charge in [-0.25, -0.2) is 9.59 Å². The van der Waals surface area contributed by atoms with Gasteiger partial charge in [0, 0.05) is 19.6 Å². The Morgan fingerprint density at radius 2 is 1.75 bits per heavy atom. The summed E-state index contributed by atoms with van der Waals surface area (Å²) in [7, 11) is 0. The number of carbonyl (C=O) groups is 3. The predicted octanol–water partition coefficient (Wildman–Crippen LogP) is 3.40. The van der Waals surface area contributed by atoms with E-state index in [0.29, 0.717) is 25.9 Å². The molecule has 1 rings (SSSR count). The zero-order chi connectivity index (χ0) is 21.0. The number of hydrogen-bond donors (Lipinski definition) is 2. The highest BCUT2D eigenvalue weighted by molar-refractivity contribution is 5.70. The minimum Gasteiger partial charge on any atom is -0.481 e. The maximum absolute atomic E-state index is 12.3. The monoisotopic (exact) mass is 394 g/mol. The van der Waals surface area contributed by atoms with Crippen molar-refractivity contribution in [3.63, 3.8) is 0 Å². The number of amides is 2. The van der Waals surface area contributed by atoms with E-state index < -0.39 is 23.8 Å². The summed E-state index contributed by atoms with van der Waals surface area (Å²) < 4.78 is 10.4. The molecule has 1 aromatic rings. The number of carbonyl (C=O) groups excluding carboxylic acids is 2. The van der Waals surface area contributed by atoms with Crippen LogP contribution < -0.4 is 5.32 Å². The van der Waals surface area contributed by atoms with E-state index in [1.54, 1.807) is 20.8 Å². The van der Waals surface area contributed by atoms with E-state index in [0.717, 1.165) is 5.56 Å². The smallest absolute Gasteiger partial charge is 0.410 e. The van der Waals surface area contributed by atoms with Gasteiger partial charge in [0.1, 0.15) is 12.2 Å². The van der Waals surface area contributed by atoms with Crippen LogP contribution in [-0.4, -0.2) is 53.4 Å². The van der Waals surface area contributed by atoms with E-state index in [1.165, 1.54) is 4.90 Å². The Labute approximate surface area is 165 Å². The van der Waals surface area contributed by atoms with Crippen molar-refractivity contribution in [1.82, 2.24) is 10.2 Å². The maximum atomic E-state index is 12.3. The normalized spacial score (nSPS) is 10.8. The zero-order valence-corrected chi connectivity index (χ0v) is 16.8. The van der Waals surface area contributed by atoms with Gasteiger partial charge in [-0.1, -0.05) is 30.3 Å². The lowest BCUT2D eigenvalue weighted by molar-refractivity contribution is -0.137. The molecule has 0 aliphatic heterocycles. The Balaban J connectivity index is 2.38. The lowest BCUT2D eigenvalue weighted by atomic mass is 10.2. The molecule has 2 amide bonds. The summed E-state index contributed by atoms with van der Waals surface area (Å²) in [5.74, 6) is -0.979. The van der Waals surface area contributed by atoms with Gasteiger partial charge in [-0.3, -0.25) is 4.79 Å². The Morgan fingerprint density at radius 1 is 1.07 bits per heavy atom. The summed E-state index contributed by atoms with van der Waals surface area (Å²) in [6, 6.07) is 9.26. The van der Waals surface area contributed by atoms with Gasteiger partial charge in [-0.15, -0.1) is 0 Å². The molecule has 0 saturated heterocycles. The standard InChI is InChI=1S/C20H30N2O6/c1-20(2,3)28-18(25)21-12-7-8-13-22(14-11-17(23)24)19(26)27-15-16-9-5-4-6-10-16/h4-6,9-10H,7-8,11-15H2,1-3H3,(H,21,25)(H,23,24). The molecule has 156 valence electrons. The molecule has 0 aromatic heterocycles. The molecule has 0 saturated carbocycles. The van der Waals surface area contributed by atoms with E-state index in [4.69, 9.17) is 14.6 Å². The van der Waals surface area contributed by atoms with Gasteiger partial charge in [-0.05, 0) is 39.2 Å². The van der Waals surface area contributed by atoms with Crippen LogP contribution in [0.15, 0.2) is 30.3 Å². The van der Waals surface area contributed by atoms with Crippen LogP contribution in [0.3, 0.4) is 0 Å². The summed E-state index contributed by atoms with van der Waals surface area (Å²) in [4.78, 5) is 36.1. The molecule has 0 bridgehead atoms. The van der Waals surface area contributed by atoms with Crippen molar-refractivity contribution in [1.29, 1.82) is 0 Å². The SMILES string of the molecule is CC(C)(C)OC(=O)NCCCCN(CCC(=O)O)C(=O)OCc1ccccc1. The van der Waals surface area contributed by atoms with E-state index >= 15 is 0 Å². The van der Waals surface area contributed by atoms with E-state index in [-0.39, 0.29) is 19.6 Å².